The molecule has 94 valence electrons. The number of rotatable bonds is 2. The molecule has 0 spiro atoms. The lowest BCUT2D eigenvalue weighted by Gasteiger charge is -2.21. The lowest BCUT2D eigenvalue weighted by atomic mass is 9.89. The molecule has 0 saturated carbocycles. The summed E-state index contributed by atoms with van der Waals surface area (Å²) >= 11 is 0. The zero-order chi connectivity index (χ0) is 13.2. The molecule has 1 aliphatic carbocycles. The van der Waals surface area contributed by atoms with Crippen molar-refractivity contribution in [3.8, 4) is 0 Å². The molecule has 2 heteroatoms. The first kappa shape index (κ1) is 11.9. The van der Waals surface area contributed by atoms with Gasteiger partial charge in [0, 0.05) is 6.61 Å². The first-order chi connectivity index (χ1) is 9.33. The Bertz CT molecular complexity index is 706. The molecular formula is C17H14O2. The van der Waals surface area contributed by atoms with Crippen LogP contribution in [0.3, 0.4) is 0 Å². The minimum absolute atomic E-state index is 0.281. The molecule has 0 amide bonds. The minimum atomic E-state index is -0.281. The first-order valence-corrected chi connectivity index (χ1v) is 6.41. The second kappa shape index (κ2) is 4.85. The number of carbonyl (C=O) groups excluding carboxylic acids is 1. The Morgan fingerprint density at radius 1 is 1.21 bits per heavy atom. The third-order valence-corrected chi connectivity index (χ3v) is 3.40. The van der Waals surface area contributed by atoms with E-state index in [1.807, 2.05) is 43.3 Å². The third kappa shape index (κ3) is 2.01. The van der Waals surface area contributed by atoms with Crippen LogP contribution in [0, 0.1) is 0 Å². The summed E-state index contributed by atoms with van der Waals surface area (Å²) in [5.74, 6) is 2.05. The normalized spacial score (nSPS) is 17.3. The number of benzene rings is 2. The van der Waals surface area contributed by atoms with E-state index in [4.69, 9.17) is 4.74 Å². The SMILES string of the molecule is CCOC1C=Cc2cc3ccccc3cc2C1=C=O. The van der Waals surface area contributed by atoms with Gasteiger partial charge in [-0.15, -0.1) is 0 Å². The summed E-state index contributed by atoms with van der Waals surface area (Å²) in [5.41, 5.74) is 2.56. The molecule has 0 N–H and O–H groups in total. The molecule has 0 aromatic heterocycles. The van der Waals surface area contributed by atoms with Crippen molar-refractivity contribution in [3.63, 3.8) is 0 Å². The van der Waals surface area contributed by atoms with E-state index in [2.05, 4.69) is 18.1 Å². The van der Waals surface area contributed by atoms with Crippen LogP contribution in [0.15, 0.2) is 42.5 Å². The van der Waals surface area contributed by atoms with Crippen LogP contribution in [0.4, 0.5) is 0 Å². The summed E-state index contributed by atoms with van der Waals surface area (Å²) in [5, 5.41) is 2.30. The van der Waals surface area contributed by atoms with Crippen molar-refractivity contribution in [3.05, 3.63) is 53.6 Å². The molecule has 0 fully saturated rings. The molecule has 2 aromatic carbocycles. The van der Waals surface area contributed by atoms with Gasteiger partial charge < -0.3 is 4.74 Å². The quantitative estimate of drug-likeness (QED) is 0.763. The highest BCUT2D eigenvalue weighted by Gasteiger charge is 2.21. The van der Waals surface area contributed by atoms with E-state index in [9.17, 15) is 4.79 Å². The number of fused-ring (bicyclic) bond motifs is 2. The maximum atomic E-state index is 11.3. The van der Waals surface area contributed by atoms with Gasteiger partial charge in [-0.1, -0.05) is 36.4 Å². The third-order valence-electron chi connectivity index (χ3n) is 3.40. The van der Waals surface area contributed by atoms with E-state index < -0.39 is 0 Å². The zero-order valence-corrected chi connectivity index (χ0v) is 10.7. The van der Waals surface area contributed by atoms with Gasteiger partial charge in [-0.3, -0.25) is 0 Å². The van der Waals surface area contributed by atoms with Crippen molar-refractivity contribution >= 4 is 28.4 Å². The number of hydrogen-bond donors (Lipinski definition) is 0. The molecule has 1 aliphatic rings. The smallest absolute Gasteiger partial charge is 0.131 e. The van der Waals surface area contributed by atoms with Crippen molar-refractivity contribution in [2.45, 2.75) is 13.0 Å². The van der Waals surface area contributed by atoms with E-state index in [1.165, 1.54) is 5.39 Å². The Balaban J connectivity index is 2.21. The summed E-state index contributed by atoms with van der Waals surface area (Å²) in [4.78, 5) is 11.3. The summed E-state index contributed by atoms with van der Waals surface area (Å²) in [7, 11) is 0. The molecule has 2 aromatic rings. The minimum Gasteiger partial charge on any atom is -0.369 e. The van der Waals surface area contributed by atoms with Crippen LogP contribution in [-0.2, 0) is 9.53 Å². The molecule has 0 bridgehead atoms. The van der Waals surface area contributed by atoms with Crippen molar-refractivity contribution in [1.29, 1.82) is 0 Å². The second-order valence-electron chi connectivity index (χ2n) is 4.54. The van der Waals surface area contributed by atoms with Crippen LogP contribution in [0.25, 0.3) is 22.4 Å². The van der Waals surface area contributed by atoms with Gasteiger partial charge in [0.1, 0.15) is 12.0 Å². The zero-order valence-electron chi connectivity index (χ0n) is 10.7. The Morgan fingerprint density at radius 3 is 2.63 bits per heavy atom. The first-order valence-electron chi connectivity index (χ1n) is 6.41. The average molecular weight is 250 g/mol. The number of hydrogen-bond acceptors (Lipinski definition) is 2. The van der Waals surface area contributed by atoms with Crippen LogP contribution < -0.4 is 0 Å². The molecule has 1 unspecified atom stereocenters. The number of ether oxygens (including phenoxy) is 1. The lowest BCUT2D eigenvalue weighted by molar-refractivity contribution is 0.135. The Morgan fingerprint density at radius 2 is 1.95 bits per heavy atom. The van der Waals surface area contributed by atoms with Crippen LogP contribution in [0.2, 0.25) is 0 Å². The molecule has 0 saturated heterocycles. The summed E-state index contributed by atoms with van der Waals surface area (Å²) in [6, 6.07) is 12.3. The molecule has 3 rings (SSSR count). The molecule has 19 heavy (non-hydrogen) atoms. The maximum absolute atomic E-state index is 11.3. The van der Waals surface area contributed by atoms with Crippen molar-refractivity contribution in [1.82, 2.24) is 0 Å². The Kier molecular flexibility index (Phi) is 3.04. The highest BCUT2D eigenvalue weighted by Crippen LogP contribution is 2.32. The lowest BCUT2D eigenvalue weighted by Crippen LogP contribution is -2.16. The maximum Gasteiger partial charge on any atom is 0.131 e. The monoisotopic (exact) mass is 250 g/mol. The molecule has 0 aliphatic heterocycles. The predicted molar refractivity (Wildman–Crippen MR) is 77.5 cm³/mol. The van der Waals surface area contributed by atoms with Crippen LogP contribution >= 0.6 is 0 Å². The van der Waals surface area contributed by atoms with Crippen molar-refractivity contribution < 1.29 is 9.53 Å². The second-order valence-corrected chi connectivity index (χ2v) is 4.54. The van der Waals surface area contributed by atoms with E-state index >= 15 is 0 Å². The summed E-state index contributed by atoms with van der Waals surface area (Å²) < 4.78 is 5.57. The fourth-order valence-electron chi connectivity index (χ4n) is 2.50. The van der Waals surface area contributed by atoms with E-state index in [0.29, 0.717) is 12.2 Å². The average Bonchev–Trinajstić information content (AvgIpc) is 2.45. The van der Waals surface area contributed by atoms with E-state index in [0.717, 1.165) is 16.5 Å². The van der Waals surface area contributed by atoms with Crippen LogP contribution in [-0.4, -0.2) is 18.7 Å². The highest BCUT2D eigenvalue weighted by atomic mass is 16.5. The molecular weight excluding hydrogens is 236 g/mol. The topological polar surface area (TPSA) is 26.3 Å². The van der Waals surface area contributed by atoms with E-state index in [-0.39, 0.29) is 6.10 Å². The van der Waals surface area contributed by atoms with Gasteiger partial charge in [-0.05, 0) is 41.0 Å². The van der Waals surface area contributed by atoms with Gasteiger partial charge in [0.25, 0.3) is 0 Å². The van der Waals surface area contributed by atoms with Gasteiger partial charge in [-0.2, -0.15) is 0 Å². The van der Waals surface area contributed by atoms with Crippen LogP contribution in [0.1, 0.15) is 18.1 Å². The predicted octanol–water partition coefficient (Wildman–Crippen LogP) is 3.49. The molecule has 0 radical (unpaired) electrons. The van der Waals surface area contributed by atoms with Gasteiger partial charge in [0.2, 0.25) is 0 Å². The van der Waals surface area contributed by atoms with E-state index in [1.54, 1.807) is 0 Å². The van der Waals surface area contributed by atoms with Gasteiger partial charge >= 0.3 is 0 Å². The van der Waals surface area contributed by atoms with Gasteiger partial charge in [0.05, 0.1) is 5.57 Å². The van der Waals surface area contributed by atoms with Crippen molar-refractivity contribution in [2.75, 3.05) is 6.61 Å². The summed E-state index contributed by atoms with van der Waals surface area (Å²) in [6.45, 7) is 2.50. The largest absolute Gasteiger partial charge is 0.369 e. The van der Waals surface area contributed by atoms with Crippen LogP contribution in [0.5, 0.6) is 0 Å². The molecule has 1 atom stereocenters. The fourth-order valence-corrected chi connectivity index (χ4v) is 2.50. The van der Waals surface area contributed by atoms with Crippen molar-refractivity contribution in [2.24, 2.45) is 0 Å². The Hall–Kier alpha value is -2.15. The van der Waals surface area contributed by atoms with Gasteiger partial charge in [-0.25, -0.2) is 4.79 Å². The highest BCUT2D eigenvalue weighted by molar-refractivity contribution is 6.00. The van der Waals surface area contributed by atoms with Gasteiger partial charge in [0.15, 0.2) is 0 Å². The standard InChI is InChI=1S/C17H14O2/c1-2-19-17-8-7-14-9-12-5-3-4-6-13(12)10-15(14)16(17)11-18/h3-10,17H,2H2,1H3. The summed E-state index contributed by atoms with van der Waals surface area (Å²) in [6.07, 6.45) is 3.65. The Labute approximate surface area is 112 Å². The molecule has 0 heterocycles. The molecule has 2 nitrogen and oxygen atoms in total. The fraction of sp³-hybridized carbons (Fsp3) is 0.176.